The molecule has 29 heavy (non-hydrogen) atoms. The molecule has 0 unspecified atom stereocenters. The SMILES string of the molecule is CC[C@H](Oc1ccc(Cl)cc1)C(=O)N1CCN(Cc2ccc3c(c2)OCO3)CC1. The molecule has 154 valence electrons. The second-order valence-corrected chi connectivity index (χ2v) is 7.69. The van der Waals surface area contributed by atoms with Gasteiger partial charge in [0.15, 0.2) is 17.6 Å². The van der Waals surface area contributed by atoms with E-state index in [1.807, 2.05) is 24.0 Å². The fraction of sp³-hybridized carbons (Fsp3) is 0.409. The number of nitrogens with zero attached hydrogens (tertiary/aromatic N) is 2. The molecule has 2 aromatic carbocycles. The van der Waals surface area contributed by atoms with Gasteiger partial charge in [0.25, 0.3) is 5.91 Å². The highest BCUT2D eigenvalue weighted by Crippen LogP contribution is 2.32. The van der Waals surface area contributed by atoms with Gasteiger partial charge in [-0.25, -0.2) is 0 Å². The lowest BCUT2D eigenvalue weighted by Crippen LogP contribution is -2.52. The van der Waals surface area contributed by atoms with E-state index in [2.05, 4.69) is 11.0 Å². The maximum Gasteiger partial charge on any atom is 0.263 e. The Bertz CT molecular complexity index is 850. The normalized spacial score (nSPS) is 17.2. The number of fused-ring (bicyclic) bond motifs is 1. The highest BCUT2D eigenvalue weighted by atomic mass is 35.5. The van der Waals surface area contributed by atoms with E-state index < -0.39 is 6.10 Å². The van der Waals surface area contributed by atoms with Crippen LogP contribution in [-0.2, 0) is 11.3 Å². The molecule has 0 aliphatic carbocycles. The molecule has 1 amide bonds. The molecule has 1 fully saturated rings. The average Bonchev–Trinajstić information content (AvgIpc) is 3.21. The molecule has 6 nitrogen and oxygen atoms in total. The summed E-state index contributed by atoms with van der Waals surface area (Å²) < 4.78 is 16.7. The minimum atomic E-state index is -0.475. The number of piperazine rings is 1. The lowest BCUT2D eigenvalue weighted by atomic mass is 10.1. The minimum absolute atomic E-state index is 0.0465. The fourth-order valence-electron chi connectivity index (χ4n) is 3.61. The molecule has 0 bridgehead atoms. The molecule has 0 radical (unpaired) electrons. The Morgan fingerprint density at radius 1 is 1.07 bits per heavy atom. The zero-order valence-electron chi connectivity index (χ0n) is 16.5. The number of benzene rings is 2. The number of rotatable bonds is 6. The van der Waals surface area contributed by atoms with Gasteiger partial charge < -0.3 is 19.1 Å². The third-order valence-electron chi connectivity index (χ3n) is 5.27. The molecular weight excluding hydrogens is 392 g/mol. The summed E-state index contributed by atoms with van der Waals surface area (Å²) >= 11 is 5.92. The highest BCUT2D eigenvalue weighted by molar-refractivity contribution is 6.30. The molecule has 0 spiro atoms. The van der Waals surface area contributed by atoms with Crippen molar-refractivity contribution in [1.29, 1.82) is 0 Å². The van der Waals surface area contributed by atoms with Crippen LogP contribution in [0, 0.1) is 0 Å². The van der Waals surface area contributed by atoms with Crippen molar-refractivity contribution in [3.63, 3.8) is 0 Å². The summed E-state index contributed by atoms with van der Waals surface area (Å²) in [6, 6.07) is 13.2. The molecule has 0 aromatic heterocycles. The van der Waals surface area contributed by atoms with Gasteiger partial charge in [-0.3, -0.25) is 9.69 Å². The van der Waals surface area contributed by atoms with E-state index in [1.54, 1.807) is 24.3 Å². The molecule has 2 aliphatic rings. The Kier molecular flexibility index (Phi) is 6.11. The summed E-state index contributed by atoms with van der Waals surface area (Å²) in [5, 5.41) is 0.648. The predicted molar refractivity (Wildman–Crippen MR) is 111 cm³/mol. The number of hydrogen-bond donors (Lipinski definition) is 0. The molecular formula is C22H25ClN2O4. The summed E-state index contributed by atoms with van der Waals surface area (Å²) in [5.41, 5.74) is 1.19. The van der Waals surface area contributed by atoms with Crippen LogP contribution in [0.4, 0.5) is 0 Å². The third-order valence-corrected chi connectivity index (χ3v) is 5.52. The van der Waals surface area contributed by atoms with Gasteiger partial charge in [0.2, 0.25) is 6.79 Å². The maximum absolute atomic E-state index is 12.9. The molecule has 2 aromatic rings. The molecule has 4 rings (SSSR count). The van der Waals surface area contributed by atoms with Crippen molar-refractivity contribution in [2.45, 2.75) is 26.0 Å². The van der Waals surface area contributed by atoms with Gasteiger partial charge in [-0.05, 0) is 48.4 Å². The van der Waals surface area contributed by atoms with Gasteiger partial charge in [-0.15, -0.1) is 0 Å². The first kappa shape index (κ1) is 19.9. The second kappa shape index (κ2) is 8.93. The zero-order valence-corrected chi connectivity index (χ0v) is 17.2. The number of ether oxygens (including phenoxy) is 3. The van der Waals surface area contributed by atoms with Crippen LogP contribution in [0.1, 0.15) is 18.9 Å². The van der Waals surface area contributed by atoms with Crippen LogP contribution in [0.25, 0.3) is 0 Å². The van der Waals surface area contributed by atoms with Crippen molar-refractivity contribution in [3.05, 3.63) is 53.1 Å². The largest absolute Gasteiger partial charge is 0.481 e. The average molecular weight is 417 g/mol. The molecule has 2 heterocycles. The lowest BCUT2D eigenvalue weighted by Gasteiger charge is -2.36. The fourth-order valence-corrected chi connectivity index (χ4v) is 3.74. The Labute approximate surface area is 175 Å². The van der Waals surface area contributed by atoms with Gasteiger partial charge in [-0.1, -0.05) is 24.6 Å². The Morgan fingerprint density at radius 2 is 1.79 bits per heavy atom. The van der Waals surface area contributed by atoms with E-state index in [9.17, 15) is 4.79 Å². The van der Waals surface area contributed by atoms with E-state index >= 15 is 0 Å². The van der Waals surface area contributed by atoms with Crippen molar-refractivity contribution in [2.75, 3.05) is 33.0 Å². The molecule has 2 aliphatic heterocycles. The van der Waals surface area contributed by atoms with Crippen molar-refractivity contribution < 1.29 is 19.0 Å². The molecule has 7 heteroatoms. The van der Waals surface area contributed by atoms with E-state index in [-0.39, 0.29) is 12.7 Å². The van der Waals surface area contributed by atoms with Crippen LogP contribution in [0.15, 0.2) is 42.5 Å². The first-order valence-corrected chi connectivity index (χ1v) is 10.3. The minimum Gasteiger partial charge on any atom is -0.481 e. The van der Waals surface area contributed by atoms with Crippen molar-refractivity contribution in [3.8, 4) is 17.2 Å². The van der Waals surface area contributed by atoms with Crippen LogP contribution in [-0.4, -0.2) is 54.8 Å². The summed E-state index contributed by atoms with van der Waals surface area (Å²) in [6.45, 7) is 6.14. The number of amides is 1. The highest BCUT2D eigenvalue weighted by Gasteiger charge is 2.28. The number of hydrogen-bond acceptors (Lipinski definition) is 5. The smallest absolute Gasteiger partial charge is 0.263 e. The van der Waals surface area contributed by atoms with Gasteiger partial charge >= 0.3 is 0 Å². The Balaban J connectivity index is 1.30. The van der Waals surface area contributed by atoms with E-state index in [0.29, 0.717) is 30.3 Å². The van der Waals surface area contributed by atoms with Gasteiger partial charge in [0.05, 0.1) is 0 Å². The third kappa shape index (κ3) is 4.77. The summed E-state index contributed by atoms with van der Waals surface area (Å²) in [5.74, 6) is 2.32. The molecule has 1 saturated heterocycles. The molecule has 0 saturated carbocycles. The summed E-state index contributed by atoms with van der Waals surface area (Å²) in [6.07, 6.45) is 0.148. The predicted octanol–water partition coefficient (Wildman–Crippen LogP) is 3.57. The van der Waals surface area contributed by atoms with Crippen LogP contribution in [0.2, 0.25) is 5.02 Å². The maximum atomic E-state index is 12.9. The monoisotopic (exact) mass is 416 g/mol. The van der Waals surface area contributed by atoms with Crippen molar-refractivity contribution in [1.82, 2.24) is 9.80 Å². The van der Waals surface area contributed by atoms with Crippen molar-refractivity contribution >= 4 is 17.5 Å². The van der Waals surface area contributed by atoms with Crippen LogP contribution < -0.4 is 14.2 Å². The Morgan fingerprint density at radius 3 is 2.52 bits per heavy atom. The van der Waals surface area contributed by atoms with Gasteiger partial charge in [-0.2, -0.15) is 0 Å². The van der Waals surface area contributed by atoms with E-state index in [1.165, 1.54) is 5.56 Å². The van der Waals surface area contributed by atoms with E-state index in [4.69, 9.17) is 25.8 Å². The standard InChI is InChI=1S/C22H25ClN2O4/c1-2-19(29-18-6-4-17(23)5-7-18)22(26)25-11-9-24(10-12-25)14-16-3-8-20-21(13-16)28-15-27-20/h3-8,13,19H,2,9-12,14-15H2,1H3/t19-/m0/s1. The molecule has 1 atom stereocenters. The quantitative estimate of drug-likeness (QED) is 0.720. The Hall–Kier alpha value is -2.44. The van der Waals surface area contributed by atoms with Gasteiger partial charge in [0, 0.05) is 37.7 Å². The summed E-state index contributed by atoms with van der Waals surface area (Å²) in [4.78, 5) is 17.2. The van der Waals surface area contributed by atoms with Crippen molar-refractivity contribution in [2.24, 2.45) is 0 Å². The van der Waals surface area contributed by atoms with Crippen LogP contribution in [0.5, 0.6) is 17.2 Å². The van der Waals surface area contributed by atoms with Crippen LogP contribution >= 0.6 is 11.6 Å². The van der Waals surface area contributed by atoms with Crippen LogP contribution in [0.3, 0.4) is 0 Å². The molecule has 0 N–H and O–H groups in total. The topological polar surface area (TPSA) is 51.2 Å². The number of halogens is 1. The number of carbonyl (C=O) groups excluding carboxylic acids is 1. The zero-order chi connectivity index (χ0) is 20.2. The van der Waals surface area contributed by atoms with Gasteiger partial charge in [0.1, 0.15) is 5.75 Å². The first-order valence-electron chi connectivity index (χ1n) is 9.94. The first-order chi connectivity index (χ1) is 14.1. The van der Waals surface area contributed by atoms with E-state index in [0.717, 1.165) is 31.1 Å². The summed E-state index contributed by atoms with van der Waals surface area (Å²) in [7, 11) is 0. The lowest BCUT2D eigenvalue weighted by molar-refractivity contribution is -0.140. The second-order valence-electron chi connectivity index (χ2n) is 7.26. The number of carbonyl (C=O) groups is 1.